The molecule has 1 rings (SSSR count). The highest BCUT2D eigenvalue weighted by atomic mass is 16.5. The Kier molecular flexibility index (Phi) is 6.81. The molecule has 1 amide bonds. The summed E-state index contributed by atoms with van der Waals surface area (Å²) < 4.78 is 10.4. The third kappa shape index (κ3) is 7.05. The van der Waals surface area contributed by atoms with Gasteiger partial charge in [0.05, 0.1) is 11.1 Å². The summed E-state index contributed by atoms with van der Waals surface area (Å²) in [6.45, 7) is 6.45. The molecule has 0 unspecified atom stereocenters. The Morgan fingerprint density at radius 3 is 2.33 bits per heavy atom. The molecule has 1 aliphatic carbocycles. The summed E-state index contributed by atoms with van der Waals surface area (Å²) in [5.41, 5.74) is -0.945. The Morgan fingerprint density at radius 1 is 1.14 bits per heavy atom. The molecule has 1 N–H and O–H groups in total. The summed E-state index contributed by atoms with van der Waals surface area (Å²) in [6, 6.07) is 0. The Hall–Kier alpha value is -0.940. The molecule has 21 heavy (non-hydrogen) atoms. The molecule has 0 heterocycles. The maximum atomic E-state index is 12.2. The molecule has 0 aromatic rings. The lowest BCUT2D eigenvalue weighted by atomic mass is 10.0. The van der Waals surface area contributed by atoms with Crippen molar-refractivity contribution in [2.24, 2.45) is 0 Å². The van der Waals surface area contributed by atoms with Crippen molar-refractivity contribution in [1.82, 2.24) is 5.32 Å². The second-order valence-corrected chi connectivity index (χ2v) is 6.76. The fourth-order valence-electron chi connectivity index (χ4n) is 2.13. The van der Waals surface area contributed by atoms with Crippen LogP contribution in [0.2, 0.25) is 0 Å². The van der Waals surface area contributed by atoms with E-state index in [1.165, 1.54) is 0 Å². The molecule has 0 aromatic carbocycles. The largest absolute Gasteiger partial charge is 0.385 e. The van der Waals surface area contributed by atoms with Gasteiger partial charge in [0.25, 0.3) is 0 Å². The molecule has 0 radical (unpaired) electrons. The molecule has 1 saturated carbocycles. The molecule has 0 saturated heterocycles. The van der Waals surface area contributed by atoms with Crippen LogP contribution in [0.15, 0.2) is 0 Å². The standard InChI is InChI=1S/C16H29NO4/c1-15(2,3)21-12-14(19)17-16(9-10-16)13(18)8-6-5-7-11-20-4/h5-12H2,1-4H3,(H,17,19). The molecule has 5 heteroatoms. The molecule has 0 spiro atoms. The number of Topliss-reactive ketones (excluding diaryl/α,β-unsaturated/α-hetero) is 1. The minimum atomic E-state index is -0.598. The Balaban J connectivity index is 2.26. The first-order valence-electron chi connectivity index (χ1n) is 7.76. The fourth-order valence-corrected chi connectivity index (χ4v) is 2.13. The summed E-state index contributed by atoms with van der Waals surface area (Å²) in [4.78, 5) is 24.1. The van der Waals surface area contributed by atoms with Crippen molar-refractivity contribution < 1.29 is 19.1 Å². The average Bonchev–Trinajstić information content (AvgIpc) is 3.16. The van der Waals surface area contributed by atoms with Crippen molar-refractivity contribution in [1.29, 1.82) is 0 Å². The number of ketones is 1. The van der Waals surface area contributed by atoms with Crippen molar-refractivity contribution in [3.8, 4) is 0 Å². The van der Waals surface area contributed by atoms with E-state index in [0.29, 0.717) is 6.42 Å². The van der Waals surface area contributed by atoms with Crippen LogP contribution in [0.3, 0.4) is 0 Å². The number of carbonyl (C=O) groups is 2. The lowest BCUT2D eigenvalue weighted by Crippen LogP contribution is -2.45. The zero-order valence-corrected chi connectivity index (χ0v) is 13.8. The predicted octanol–water partition coefficient (Wildman–Crippen LogP) is 2.23. The molecule has 122 valence electrons. The summed E-state index contributed by atoms with van der Waals surface area (Å²) in [6.07, 6.45) is 4.86. The van der Waals surface area contributed by atoms with Gasteiger partial charge in [-0.2, -0.15) is 0 Å². The van der Waals surface area contributed by atoms with Crippen molar-refractivity contribution in [3.63, 3.8) is 0 Å². The number of methoxy groups -OCH3 is 1. The molecule has 1 aliphatic rings. The lowest BCUT2D eigenvalue weighted by Gasteiger charge is -2.21. The number of amides is 1. The Labute approximate surface area is 127 Å². The predicted molar refractivity (Wildman–Crippen MR) is 81.2 cm³/mol. The van der Waals surface area contributed by atoms with E-state index in [0.717, 1.165) is 38.7 Å². The summed E-state index contributed by atoms with van der Waals surface area (Å²) in [7, 11) is 1.68. The van der Waals surface area contributed by atoms with Gasteiger partial charge >= 0.3 is 0 Å². The number of ether oxygens (including phenoxy) is 2. The van der Waals surface area contributed by atoms with Gasteiger partial charge in [0, 0.05) is 20.1 Å². The van der Waals surface area contributed by atoms with Gasteiger partial charge in [-0.3, -0.25) is 9.59 Å². The monoisotopic (exact) mass is 299 g/mol. The van der Waals surface area contributed by atoms with E-state index in [-0.39, 0.29) is 23.9 Å². The van der Waals surface area contributed by atoms with Crippen LogP contribution in [-0.2, 0) is 19.1 Å². The van der Waals surface area contributed by atoms with Gasteiger partial charge in [-0.1, -0.05) is 6.42 Å². The van der Waals surface area contributed by atoms with E-state index in [1.54, 1.807) is 7.11 Å². The third-order valence-electron chi connectivity index (χ3n) is 3.55. The summed E-state index contributed by atoms with van der Waals surface area (Å²) in [5.74, 6) is -0.0424. The first kappa shape index (κ1) is 18.1. The number of hydrogen-bond acceptors (Lipinski definition) is 4. The smallest absolute Gasteiger partial charge is 0.246 e. The van der Waals surface area contributed by atoms with Crippen molar-refractivity contribution in [2.45, 2.75) is 70.4 Å². The number of nitrogens with one attached hydrogen (secondary N) is 1. The zero-order valence-electron chi connectivity index (χ0n) is 13.8. The van der Waals surface area contributed by atoms with Crippen molar-refractivity contribution >= 4 is 11.7 Å². The van der Waals surface area contributed by atoms with Gasteiger partial charge in [0.15, 0.2) is 5.78 Å². The van der Waals surface area contributed by atoms with Gasteiger partial charge in [-0.15, -0.1) is 0 Å². The fraction of sp³-hybridized carbons (Fsp3) is 0.875. The molecule has 1 fully saturated rings. The van der Waals surface area contributed by atoms with Gasteiger partial charge in [0.2, 0.25) is 5.91 Å². The highest BCUT2D eigenvalue weighted by Gasteiger charge is 2.49. The Bertz CT molecular complexity index is 356. The highest BCUT2D eigenvalue weighted by Crippen LogP contribution is 2.37. The van der Waals surface area contributed by atoms with Gasteiger partial charge in [0.1, 0.15) is 6.61 Å². The molecule has 0 bridgehead atoms. The topological polar surface area (TPSA) is 64.6 Å². The second-order valence-electron chi connectivity index (χ2n) is 6.76. The molecular formula is C16H29NO4. The van der Waals surface area contributed by atoms with Crippen molar-refractivity contribution in [2.75, 3.05) is 20.3 Å². The van der Waals surface area contributed by atoms with Crippen molar-refractivity contribution in [3.05, 3.63) is 0 Å². The number of unbranched alkanes of at least 4 members (excludes halogenated alkanes) is 2. The zero-order chi connectivity index (χ0) is 15.9. The minimum Gasteiger partial charge on any atom is -0.385 e. The summed E-state index contributed by atoms with van der Waals surface area (Å²) in [5, 5.41) is 2.85. The first-order chi connectivity index (χ1) is 9.79. The Morgan fingerprint density at radius 2 is 1.81 bits per heavy atom. The van der Waals surface area contributed by atoms with E-state index in [4.69, 9.17) is 9.47 Å². The van der Waals surface area contributed by atoms with Crippen LogP contribution in [0.1, 0.15) is 59.3 Å². The van der Waals surface area contributed by atoms with E-state index in [1.807, 2.05) is 20.8 Å². The highest BCUT2D eigenvalue weighted by molar-refractivity contribution is 5.95. The minimum absolute atomic E-state index is 0.00632. The van der Waals surface area contributed by atoms with E-state index >= 15 is 0 Å². The average molecular weight is 299 g/mol. The number of rotatable bonds is 10. The van der Waals surface area contributed by atoms with Crippen LogP contribution in [-0.4, -0.2) is 43.2 Å². The summed E-state index contributed by atoms with van der Waals surface area (Å²) >= 11 is 0. The van der Waals surface area contributed by atoms with Crippen LogP contribution >= 0.6 is 0 Å². The molecule has 0 aliphatic heterocycles. The molecule has 0 atom stereocenters. The van der Waals surface area contributed by atoms with E-state index in [2.05, 4.69) is 5.32 Å². The molecular weight excluding hydrogens is 270 g/mol. The third-order valence-corrected chi connectivity index (χ3v) is 3.55. The van der Waals surface area contributed by atoms with Gasteiger partial charge < -0.3 is 14.8 Å². The van der Waals surface area contributed by atoms with E-state index in [9.17, 15) is 9.59 Å². The number of hydrogen-bond donors (Lipinski definition) is 1. The quantitative estimate of drug-likeness (QED) is 0.628. The SMILES string of the molecule is COCCCCCC(=O)C1(NC(=O)COC(C)(C)C)CC1. The van der Waals surface area contributed by atoms with Gasteiger partial charge in [-0.05, 0) is 46.5 Å². The van der Waals surface area contributed by atoms with Crippen LogP contribution in [0.4, 0.5) is 0 Å². The lowest BCUT2D eigenvalue weighted by molar-refractivity contribution is -0.135. The van der Waals surface area contributed by atoms with Gasteiger partial charge in [-0.25, -0.2) is 0 Å². The maximum Gasteiger partial charge on any atom is 0.246 e. The second kappa shape index (κ2) is 7.90. The normalized spacial score (nSPS) is 16.6. The maximum absolute atomic E-state index is 12.2. The number of carbonyl (C=O) groups excluding carboxylic acids is 2. The molecule has 0 aromatic heterocycles. The van der Waals surface area contributed by atoms with Crippen LogP contribution < -0.4 is 5.32 Å². The first-order valence-corrected chi connectivity index (χ1v) is 7.76. The van der Waals surface area contributed by atoms with Crippen LogP contribution in [0, 0.1) is 0 Å². The molecule has 5 nitrogen and oxygen atoms in total. The van der Waals surface area contributed by atoms with E-state index < -0.39 is 5.54 Å². The van der Waals surface area contributed by atoms with Crippen LogP contribution in [0.5, 0.6) is 0 Å². The van der Waals surface area contributed by atoms with Crippen LogP contribution in [0.25, 0.3) is 0 Å².